The van der Waals surface area contributed by atoms with Gasteiger partial charge in [0.1, 0.15) is 5.75 Å². The van der Waals surface area contributed by atoms with Gasteiger partial charge in [-0.3, -0.25) is 0 Å². The van der Waals surface area contributed by atoms with Crippen LogP contribution in [-0.4, -0.2) is 36.4 Å². The van der Waals surface area contributed by atoms with Crippen molar-refractivity contribution in [2.24, 2.45) is 5.92 Å². The van der Waals surface area contributed by atoms with E-state index in [1.165, 1.54) is 37.5 Å². The Hall–Kier alpha value is -0.870. The molecule has 24 heavy (non-hydrogen) atoms. The first-order chi connectivity index (χ1) is 11.5. The summed E-state index contributed by atoms with van der Waals surface area (Å²) in [5.74, 6) is 1.34. The normalized spacial score (nSPS) is 34.8. The average Bonchev–Trinajstić information content (AvgIpc) is 2.61. The Morgan fingerprint density at radius 3 is 2.88 bits per heavy atom. The lowest BCUT2D eigenvalue weighted by Gasteiger charge is -2.58. The molecule has 0 aromatic heterocycles. The maximum absolute atomic E-state index is 12.6. The van der Waals surface area contributed by atoms with Gasteiger partial charge >= 0.3 is 7.75 Å². The third-order valence-electron chi connectivity index (χ3n) is 6.58. The van der Waals surface area contributed by atoms with Crippen LogP contribution in [0.5, 0.6) is 5.75 Å². The second-order valence-electron chi connectivity index (χ2n) is 7.39. The van der Waals surface area contributed by atoms with E-state index in [0.29, 0.717) is 12.5 Å². The van der Waals surface area contributed by atoms with E-state index in [1.54, 1.807) is 11.8 Å². The van der Waals surface area contributed by atoms with E-state index < -0.39 is 7.75 Å². The fourth-order valence-electron chi connectivity index (χ4n) is 5.51. The Balaban J connectivity index is 1.83. The van der Waals surface area contributed by atoms with Gasteiger partial charge in [0.25, 0.3) is 0 Å². The zero-order valence-corrected chi connectivity index (χ0v) is 15.3. The minimum Gasteiger partial charge on any atom is -0.497 e. The van der Waals surface area contributed by atoms with Crippen LogP contribution in [0.25, 0.3) is 0 Å². The highest BCUT2D eigenvalue weighted by atomic mass is 31.2. The third-order valence-corrected chi connectivity index (χ3v) is 8.20. The quantitative estimate of drug-likeness (QED) is 0.845. The summed E-state index contributed by atoms with van der Waals surface area (Å²) in [5.41, 5.74) is 2.86. The molecule has 2 unspecified atom stereocenters. The zero-order chi connectivity index (χ0) is 16.9. The van der Waals surface area contributed by atoms with Crippen LogP contribution in [-0.2, 0) is 20.9 Å². The largest absolute Gasteiger partial charge is 0.497 e. The molecular weight excluding hydrogens is 325 g/mol. The molecule has 0 radical (unpaired) electrons. The van der Waals surface area contributed by atoms with Gasteiger partial charge in [-0.25, -0.2) is 9.24 Å². The second-order valence-corrected chi connectivity index (χ2v) is 9.25. The van der Waals surface area contributed by atoms with Gasteiger partial charge in [-0.05, 0) is 54.9 Å². The van der Waals surface area contributed by atoms with E-state index in [9.17, 15) is 9.46 Å². The number of rotatable bonds is 3. The first-order valence-electron chi connectivity index (χ1n) is 8.85. The van der Waals surface area contributed by atoms with E-state index in [4.69, 9.17) is 9.26 Å². The number of fused-ring (bicyclic) bond motifs is 1. The Morgan fingerprint density at radius 2 is 2.12 bits per heavy atom. The molecule has 1 saturated carbocycles. The van der Waals surface area contributed by atoms with E-state index in [1.807, 2.05) is 6.07 Å². The molecule has 1 saturated heterocycles. The van der Waals surface area contributed by atoms with Gasteiger partial charge in [-0.1, -0.05) is 18.9 Å². The molecule has 1 aromatic carbocycles. The van der Waals surface area contributed by atoms with Gasteiger partial charge in [0.15, 0.2) is 0 Å². The molecular formula is C18H26NO4P. The van der Waals surface area contributed by atoms with Crippen molar-refractivity contribution < 1.29 is 18.7 Å². The number of methoxy groups -OCH3 is 1. The molecule has 4 atom stereocenters. The smallest absolute Gasteiger partial charge is 0.405 e. The van der Waals surface area contributed by atoms with E-state index in [-0.39, 0.29) is 11.5 Å². The highest BCUT2D eigenvalue weighted by Crippen LogP contribution is 2.61. The van der Waals surface area contributed by atoms with Gasteiger partial charge in [-0.15, -0.1) is 0 Å². The monoisotopic (exact) mass is 351 g/mol. The predicted molar refractivity (Wildman–Crippen MR) is 92.3 cm³/mol. The molecule has 2 aliphatic carbocycles. The van der Waals surface area contributed by atoms with Crippen molar-refractivity contribution in [2.45, 2.75) is 50.0 Å². The van der Waals surface area contributed by atoms with Crippen LogP contribution in [0.15, 0.2) is 18.2 Å². The van der Waals surface area contributed by atoms with Crippen molar-refractivity contribution in [3.8, 4) is 5.75 Å². The molecule has 0 spiro atoms. The second kappa shape index (κ2) is 5.84. The molecule has 3 aliphatic rings. The number of ether oxygens (including phenoxy) is 1. The third kappa shape index (κ3) is 2.29. The van der Waals surface area contributed by atoms with Crippen molar-refractivity contribution in [2.75, 3.05) is 20.8 Å². The fraction of sp³-hybridized carbons (Fsp3) is 0.667. The Morgan fingerprint density at radius 1 is 1.29 bits per heavy atom. The van der Waals surface area contributed by atoms with Crippen LogP contribution in [0.1, 0.15) is 43.2 Å². The Labute approximate surface area is 143 Å². The van der Waals surface area contributed by atoms with Crippen molar-refractivity contribution in [1.82, 2.24) is 4.67 Å². The minimum absolute atomic E-state index is 0.0933. The molecule has 1 aliphatic heterocycles. The van der Waals surface area contributed by atoms with Gasteiger partial charge in [0.05, 0.1) is 7.11 Å². The molecule has 0 amide bonds. The molecule has 2 bridgehead atoms. The summed E-state index contributed by atoms with van der Waals surface area (Å²) >= 11 is 0. The van der Waals surface area contributed by atoms with Crippen molar-refractivity contribution >= 4 is 7.75 Å². The molecule has 6 heteroatoms. The van der Waals surface area contributed by atoms with Crippen molar-refractivity contribution in [3.63, 3.8) is 0 Å². The first kappa shape index (κ1) is 16.6. The van der Waals surface area contributed by atoms with E-state index in [2.05, 4.69) is 12.1 Å². The number of hydrogen-bond acceptors (Lipinski definition) is 3. The summed E-state index contributed by atoms with van der Waals surface area (Å²) in [7, 11) is -0.646. The fourth-order valence-corrected chi connectivity index (χ4v) is 6.69. The Kier molecular flexibility index (Phi) is 4.04. The van der Waals surface area contributed by atoms with Crippen LogP contribution < -0.4 is 4.74 Å². The maximum atomic E-state index is 12.6. The maximum Gasteiger partial charge on any atom is 0.405 e. The van der Waals surface area contributed by atoms with Crippen molar-refractivity contribution in [1.29, 1.82) is 0 Å². The molecule has 1 N–H and O–H groups in total. The number of hydrogen-bond donors (Lipinski definition) is 1. The van der Waals surface area contributed by atoms with E-state index in [0.717, 1.165) is 25.0 Å². The van der Waals surface area contributed by atoms with Crippen molar-refractivity contribution in [3.05, 3.63) is 29.3 Å². The van der Waals surface area contributed by atoms with Crippen LogP contribution in [0.2, 0.25) is 0 Å². The van der Waals surface area contributed by atoms with Crippen LogP contribution in [0, 0.1) is 5.92 Å². The Bertz CT molecular complexity index is 694. The molecule has 4 rings (SSSR count). The minimum atomic E-state index is -3.70. The highest BCUT2D eigenvalue weighted by Gasteiger charge is 2.56. The van der Waals surface area contributed by atoms with Gasteiger partial charge < -0.3 is 14.2 Å². The summed E-state index contributed by atoms with van der Waals surface area (Å²) in [6.07, 6.45) is 6.48. The van der Waals surface area contributed by atoms with Crippen LogP contribution in [0.3, 0.4) is 0 Å². The SMILES string of the molecule is COc1ccc2c(c1)[C@@]13CCCCC1[C@@H](C2)N(P(=O)(O)OC)CC3. The lowest BCUT2D eigenvalue weighted by molar-refractivity contribution is 0.0162. The number of nitrogens with zero attached hydrogens (tertiary/aromatic N) is 1. The molecule has 1 aromatic rings. The van der Waals surface area contributed by atoms with Gasteiger partial charge in [0, 0.05) is 25.1 Å². The standard InChI is InChI=1S/C18H26NO4P/c1-22-14-7-6-13-11-17-15-5-3-4-8-18(15,16(13)12-14)9-10-19(17)24(20,21)23-2/h6-7,12,15,17H,3-5,8-11H2,1-2H3,(H,20,21)/t15?,17-,18-/m1/s1. The summed E-state index contributed by atoms with van der Waals surface area (Å²) < 4.78 is 24.8. The van der Waals surface area contributed by atoms with Crippen LogP contribution in [0.4, 0.5) is 0 Å². The average molecular weight is 351 g/mol. The lowest BCUT2D eigenvalue weighted by atomic mass is 9.53. The highest BCUT2D eigenvalue weighted by molar-refractivity contribution is 7.50. The summed E-state index contributed by atoms with van der Waals surface area (Å²) in [6, 6.07) is 6.46. The molecule has 5 nitrogen and oxygen atoms in total. The zero-order valence-electron chi connectivity index (χ0n) is 14.4. The molecule has 1 heterocycles. The van der Waals surface area contributed by atoms with Gasteiger partial charge in [-0.2, -0.15) is 0 Å². The summed E-state index contributed by atoms with van der Waals surface area (Å²) in [5, 5.41) is 0. The predicted octanol–water partition coefficient (Wildman–Crippen LogP) is 3.50. The van der Waals surface area contributed by atoms with Crippen LogP contribution >= 0.6 is 7.75 Å². The lowest BCUT2D eigenvalue weighted by Crippen LogP contribution is -2.59. The summed E-state index contributed by atoms with van der Waals surface area (Å²) in [6.45, 7) is 0.624. The van der Waals surface area contributed by atoms with Gasteiger partial charge in [0.2, 0.25) is 0 Å². The molecule has 2 fully saturated rings. The molecule has 132 valence electrons. The first-order valence-corrected chi connectivity index (χ1v) is 10.4. The summed E-state index contributed by atoms with van der Waals surface area (Å²) in [4.78, 5) is 10.3. The van der Waals surface area contributed by atoms with E-state index >= 15 is 0 Å². The number of piperidine rings is 1. The topological polar surface area (TPSA) is 59.0 Å². The number of benzene rings is 1.